The van der Waals surface area contributed by atoms with Crippen LogP contribution in [0.25, 0.3) is 0 Å². The molecule has 7 nitrogen and oxygen atoms in total. The van der Waals surface area contributed by atoms with Crippen LogP contribution in [0.3, 0.4) is 0 Å². The fourth-order valence-corrected chi connectivity index (χ4v) is 1.43. The summed E-state index contributed by atoms with van der Waals surface area (Å²) in [7, 11) is 0. The summed E-state index contributed by atoms with van der Waals surface area (Å²) in [6.45, 7) is -2.61. The van der Waals surface area contributed by atoms with Crippen LogP contribution in [0.4, 0.5) is 24.7 Å². The molecule has 19 heavy (non-hydrogen) atoms. The number of anilines is 1. The van der Waals surface area contributed by atoms with E-state index in [0.29, 0.717) is 11.1 Å². The van der Waals surface area contributed by atoms with E-state index in [0.717, 1.165) is 0 Å². The molecular formula is C8H8ClF3N4O3. The maximum Gasteiger partial charge on any atom is 0.405 e. The van der Waals surface area contributed by atoms with Gasteiger partial charge < -0.3 is 10.0 Å². The van der Waals surface area contributed by atoms with Crippen molar-refractivity contribution in [3.05, 3.63) is 21.6 Å². The maximum atomic E-state index is 12.4. The van der Waals surface area contributed by atoms with Gasteiger partial charge in [0.05, 0.1) is 11.5 Å². The highest BCUT2D eigenvalue weighted by Crippen LogP contribution is 2.28. The van der Waals surface area contributed by atoms with E-state index in [1.807, 2.05) is 0 Å². The van der Waals surface area contributed by atoms with Crippen molar-refractivity contribution in [1.82, 2.24) is 9.97 Å². The lowest BCUT2D eigenvalue weighted by molar-refractivity contribution is -0.384. The summed E-state index contributed by atoms with van der Waals surface area (Å²) in [5.74, 6) is -0.587. The standard InChI is InChI=1S/C8H8ClF3N4O3/c9-7-13-3-5(16(18)19)6(14-7)15(1-2-17)4-8(10,11)12/h3,17H,1-2,4H2. The largest absolute Gasteiger partial charge is 0.405 e. The Labute approximate surface area is 109 Å². The molecule has 0 aromatic carbocycles. The number of nitro groups is 1. The first kappa shape index (κ1) is 15.4. The molecule has 0 saturated heterocycles. The molecule has 106 valence electrons. The maximum absolute atomic E-state index is 12.4. The van der Waals surface area contributed by atoms with E-state index in [9.17, 15) is 23.3 Å². The first-order chi connectivity index (χ1) is 8.74. The Balaban J connectivity index is 3.20. The lowest BCUT2D eigenvalue weighted by atomic mass is 10.4. The third-order valence-electron chi connectivity index (χ3n) is 1.96. The summed E-state index contributed by atoms with van der Waals surface area (Å²) >= 11 is 5.42. The highest BCUT2D eigenvalue weighted by atomic mass is 35.5. The number of halogens is 4. The first-order valence-electron chi connectivity index (χ1n) is 4.84. The lowest BCUT2D eigenvalue weighted by Gasteiger charge is -2.23. The predicted octanol–water partition coefficient (Wildman–Crippen LogP) is 1.40. The van der Waals surface area contributed by atoms with Crippen LogP contribution in [0.2, 0.25) is 5.28 Å². The van der Waals surface area contributed by atoms with Crippen LogP contribution < -0.4 is 4.90 Å². The molecule has 0 fully saturated rings. The molecule has 0 aliphatic carbocycles. The zero-order chi connectivity index (χ0) is 14.6. The lowest BCUT2D eigenvalue weighted by Crippen LogP contribution is -2.37. The van der Waals surface area contributed by atoms with Gasteiger partial charge in [-0.1, -0.05) is 0 Å². The van der Waals surface area contributed by atoms with E-state index >= 15 is 0 Å². The average Bonchev–Trinajstić information content (AvgIpc) is 2.26. The number of rotatable bonds is 5. The van der Waals surface area contributed by atoms with Crippen molar-refractivity contribution >= 4 is 23.1 Å². The fourth-order valence-electron chi connectivity index (χ4n) is 1.30. The highest BCUT2D eigenvalue weighted by molar-refractivity contribution is 6.28. The minimum atomic E-state index is -4.61. The van der Waals surface area contributed by atoms with Crippen LogP contribution in [-0.4, -0.2) is 45.9 Å². The Morgan fingerprint density at radius 3 is 2.63 bits per heavy atom. The van der Waals surface area contributed by atoms with Gasteiger partial charge in [-0.3, -0.25) is 10.1 Å². The van der Waals surface area contributed by atoms with Crippen LogP contribution in [0, 0.1) is 10.1 Å². The normalized spacial score (nSPS) is 11.4. The summed E-state index contributed by atoms with van der Waals surface area (Å²) in [5, 5.41) is 19.0. The van der Waals surface area contributed by atoms with E-state index in [4.69, 9.17) is 16.7 Å². The zero-order valence-electron chi connectivity index (χ0n) is 9.26. The second-order valence-electron chi connectivity index (χ2n) is 3.37. The molecule has 1 aromatic rings. The van der Waals surface area contributed by atoms with Gasteiger partial charge in [0, 0.05) is 6.54 Å². The van der Waals surface area contributed by atoms with Crippen molar-refractivity contribution < 1.29 is 23.2 Å². The molecule has 1 N–H and O–H groups in total. The summed E-state index contributed by atoms with van der Waals surface area (Å²) in [4.78, 5) is 17.1. The number of aliphatic hydroxyl groups is 1. The molecule has 0 unspecified atom stereocenters. The van der Waals surface area contributed by atoms with Crippen molar-refractivity contribution in [1.29, 1.82) is 0 Å². The van der Waals surface area contributed by atoms with Gasteiger partial charge in [-0.25, -0.2) is 4.98 Å². The number of hydrogen-bond acceptors (Lipinski definition) is 6. The van der Waals surface area contributed by atoms with Crippen LogP contribution >= 0.6 is 11.6 Å². The number of aliphatic hydroxyl groups excluding tert-OH is 1. The average molecular weight is 301 g/mol. The fraction of sp³-hybridized carbons (Fsp3) is 0.500. The molecule has 0 aliphatic rings. The number of nitrogens with zero attached hydrogens (tertiary/aromatic N) is 4. The second kappa shape index (κ2) is 5.97. The van der Waals surface area contributed by atoms with Crippen molar-refractivity contribution in [2.75, 3.05) is 24.6 Å². The SMILES string of the molecule is O=[N+]([O-])c1cnc(Cl)nc1N(CCO)CC(F)(F)F. The van der Waals surface area contributed by atoms with Crippen molar-refractivity contribution in [2.24, 2.45) is 0 Å². The van der Waals surface area contributed by atoms with E-state index in [-0.39, 0.29) is 0 Å². The molecule has 0 aliphatic heterocycles. The molecule has 1 rings (SSSR count). The molecule has 0 bridgehead atoms. The van der Waals surface area contributed by atoms with Gasteiger partial charge >= 0.3 is 11.9 Å². The minimum Gasteiger partial charge on any atom is -0.395 e. The number of hydrogen-bond donors (Lipinski definition) is 1. The molecule has 0 saturated carbocycles. The van der Waals surface area contributed by atoms with E-state index in [2.05, 4.69) is 9.97 Å². The molecular weight excluding hydrogens is 293 g/mol. The smallest absolute Gasteiger partial charge is 0.395 e. The van der Waals surface area contributed by atoms with Gasteiger partial charge in [0.2, 0.25) is 11.1 Å². The molecule has 1 heterocycles. The topological polar surface area (TPSA) is 92.4 Å². The van der Waals surface area contributed by atoms with Gasteiger partial charge in [0.25, 0.3) is 0 Å². The van der Waals surface area contributed by atoms with E-state index in [1.54, 1.807) is 0 Å². The summed E-state index contributed by atoms with van der Waals surface area (Å²) in [6, 6.07) is 0. The van der Waals surface area contributed by atoms with E-state index in [1.165, 1.54) is 0 Å². The van der Waals surface area contributed by atoms with Crippen LogP contribution in [0.5, 0.6) is 0 Å². The zero-order valence-corrected chi connectivity index (χ0v) is 10.0. The Morgan fingerprint density at radius 1 is 1.53 bits per heavy atom. The predicted molar refractivity (Wildman–Crippen MR) is 59.1 cm³/mol. The van der Waals surface area contributed by atoms with Gasteiger partial charge in [-0.15, -0.1) is 0 Å². The summed E-state index contributed by atoms with van der Waals surface area (Å²) < 4.78 is 37.1. The van der Waals surface area contributed by atoms with Crippen molar-refractivity contribution in [3.8, 4) is 0 Å². The minimum absolute atomic E-state index is 0.425. The van der Waals surface area contributed by atoms with Gasteiger partial charge in [0.1, 0.15) is 12.7 Å². The van der Waals surface area contributed by atoms with Crippen molar-refractivity contribution in [3.63, 3.8) is 0 Å². The van der Waals surface area contributed by atoms with Gasteiger partial charge in [-0.2, -0.15) is 18.2 Å². The van der Waals surface area contributed by atoms with Crippen LogP contribution in [0.1, 0.15) is 0 Å². The van der Waals surface area contributed by atoms with Gasteiger partial charge in [-0.05, 0) is 11.6 Å². The van der Waals surface area contributed by atoms with Crippen LogP contribution in [-0.2, 0) is 0 Å². The highest BCUT2D eigenvalue weighted by Gasteiger charge is 2.34. The molecule has 0 spiro atoms. The quantitative estimate of drug-likeness (QED) is 0.502. The number of aromatic nitrogens is 2. The molecule has 0 amide bonds. The van der Waals surface area contributed by atoms with Gasteiger partial charge in [0.15, 0.2) is 0 Å². The summed E-state index contributed by atoms with van der Waals surface area (Å²) in [5.41, 5.74) is -0.720. The van der Waals surface area contributed by atoms with Crippen molar-refractivity contribution in [2.45, 2.75) is 6.18 Å². The Kier molecular flexibility index (Phi) is 4.84. The molecule has 0 atom stereocenters. The summed E-state index contributed by atoms with van der Waals surface area (Å²) in [6.07, 6.45) is -3.90. The molecule has 0 radical (unpaired) electrons. The van der Waals surface area contributed by atoms with E-state index < -0.39 is 47.6 Å². The monoisotopic (exact) mass is 300 g/mol. The number of alkyl halides is 3. The first-order valence-corrected chi connectivity index (χ1v) is 5.22. The molecule has 11 heteroatoms. The third-order valence-corrected chi connectivity index (χ3v) is 2.14. The Morgan fingerprint density at radius 2 is 2.16 bits per heavy atom. The Hall–Kier alpha value is -1.68. The second-order valence-corrected chi connectivity index (χ2v) is 3.70. The molecule has 1 aromatic heterocycles. The van der Waals surface area contributed by atoms with Crippen LogP contribution in [0.15, 0.2) is 6.20 Å². The Bertz CT molecular complexity index is 471. The third kappa shape index (κ3) is 4.48.